The molecule has 0 amide bonds. The number of rotatable bonds is 2. The minimum Gasteiger partial charge on any atom is -0.365 e. The Morgan fingerprint density at radius 2 is 2.05 bits per heavy atom. The molecule has 2 bridgehead atoms. The Morgan fingerprint density at radius 1 is 1.33 bits per heavy atom. The van der Waals surface area contributed by atoms with Crippen LogP contribution in [0.5, 0.6) is 0 Å². The minimum absolute atomic E-state index is 0.187. The Balaban J connectivity index is 0.000000774. The Labute approximate surface area is 122 Å². The van der Waals surface area contributed by atoms with Gasteiger partial charge in [0.05, 0.1) is 5.56 Å². The van der Waals surface area contributed by atoms with Gasteiger partial charge >= 0.3 is 6.18 Å². The molecular weight excluding hydrogens is 281 g/mol. The van der Waals surface area contributed by atoms with Crippen LogP contribution in [-0.4, -0.2) is 31.5 Å². The zero-order chi connectivity index (χ0) is 15.6. The standard InChI is InChI=1S/C13H13F3N2O.C2H6/c14-13(15,16)9-2-1-8(7-19)12(3-9)18-6-10-4-11(18)5-17-10;1-2/h1-3,7,10-11,17H,4-6H2;1-2H3. The molecular formula is C15H19F3N2O. The van der Waals surface area contributed by atoms with Crippen molar-refractivity contribution in [1.29, 1.82) is 0 Å². The molecule has 3 nitrogen and oxygen atoms in total. The molecule has 0 radical (unpaired) electrons. The fourth-order valence-electron chi connectivity index (χ4n) is 2.92. The normalized spacial score (nSPS) is 23.8. The number of carbonyl (C=O) groups is 1. The molecule has 2 unspecified atom stereocenters. The molecule has 0 aliphatic carbocycles. The summed E-state index contributed by atoms with van der Waals surface area (Å²) in [6, 6.07) is 3.81. The largest absolute Gasteiger partial charge is 0.416 e. The first-order valence-electron chi connectivity index (χ1n) is 7.15. The molecule has 21 heavy (non-hydrogen) atoms. The number of hydrogen-bond acceptors (Lipinski definition) is 3. The van der Waals surface area contributed by atoms with E-state index < -0.39 is 11.7 Å². The average molecular weight is 300 g/mol. The third-order valence-corrected chi connectivity index (χ3v) is 3.85. The van der Waals surface area contributed by atoms with Crippen molar-refractivity contribution in [3.05, 3.63) is 29.3 Å². The Hall–Kier alpha value is -1.56. The summed E-state index contributed by atoms with van der Waals surface area (Å²) in [6.07, 6.45) is -2.84. The van der Waals surface area contributed by atoms with E-state index in [9.17, 15) is 18.0 Å². The Bertz CT molecular complexity index is 516. The highest BCUT2D eigenvalue weighted by Gasteiger charge is 2.39. The van der Waals surface area contributed by atoms with Crippen molar-refractivity contribution in [3.8, 4) is 0 Å². The van der Waals surface area contributed by atoms with Crippen LogP contribution < -0.4 is 10.2 Å². The second-order valence-corrected chi connectivity index (χ2v) is 5.04. The maximum absolute atomic E-state index is 12.8. The maximum atomic E-state index is 12.8. The van der Waals surface area contributed by atoms with Gasteiger partial charge in [-0.1, -0.05) is 13.8 Å². The van der Waals surface area contributed by atoms with Crippen LogP contribution in [0.3, 0.4) is 0 Å². The zero-order valence-electron chi connectivity index (χ0n) is 12.1. The van der Waals surface area contributed by atoms with Crippen LogP contribution in [0.2, 0.25) is 0 Å². The molecule has 2 fully saturated rings. The number of alkyl halides is 3. The van der Waals surface area contributed by atoms with Crippen molar-refractivity contribution >= 4 is 12.0 Å². The highest BCUT2D eigenvalue weighted by Crippen LogP contribution is 2.36. The van der Waals surface area contributed by atoms with Crippen molar-refractivity contribution < 1.29 is 18.0 Å². The molecule has 3 rings (SSSR count). The van der Waals surface area contributed by atoms with E-state index in [-0.39, 0.29) is 6.04 Å². The first kappa shape index (κ1) is 15.8. The van der Waals surface area contributed by atoms with E-state index in [1.54, 1.807) is 0 Å². The minimum atomic E-state index is -4.38. The molecule has 2 heterocycles. The highest BCUT2D eigenvalue weighted by atomic mass is 19.4. The van der Waals surface area contributed by atoms with Crippen LogP contribution in [0.15, 0.2) is 18.2 Å². The van der Waals surface area contributed by atoms with Crippen LogP contribution in [-0.2, 0) is 6.18 Å². The monoisotopic (exact) mass is 300 g/mol. The van der Waals surface area contributed by atoms with Gasteiger partial charge in [-0.2, -0.15) is 13.2 Å². The van der Waals surface area contributed by atoms with Crippen LogP contribution in [0.1, 0.15) is 36.2 Å². The van der Waals surface area contributed by atoms with Gasteiger partial charge in [-0.3, -0.25) is 4.79 Å². The number of nitrogens with one attached hydrogen (secondary N) is 1. The van der Waals surface area contributed by atoms with Gasteiger partial charge in [-0.15, -0.1) is 0 Å². The van der Waals surface area contributed by atoms with E-state index >= 15 is 0 Å². The number of piperazine rings is 1. The number of aldehydes is 1. The van der Waals surface area contributed by atoms with E-state index in [1.807, 2.05) is 18.7 Å². The van der Waals surface area contributed by atoms with Crippen molar-refractivity contribution in [2.75, 3.05) is 18.0 Å². The second kappa shape index (κ2) is 6.05. The Kier molecular flexibility index (Phi) is 4.56. The van der Waals surface area contributed by atoms with E-state index in [1.165, 1.54) is 6.07 Å². The van der Waals surface area contributed by atoms with Crippen LogP contribution >= 0.6 is 0 Å². The summed E-state index contributed by atoms with van der Waals surface area (Å²) in [5.74, 6) is 0. The predicted molar refractivity (Wildman–Crippen MR) is 75.7 cm³/mol. The maximum Gasteiger partial charge on any atom is 0.416 e. The van der Waals surface area contributed by atoms with Crippen LogP contribution in [0.25, 0.3) is 0 Å². The van der Waals surface area contributed by atoms with Crippen molar-refractivity contribution in [2.45, 2.75) is 38.5 Å². The fourth-order valence-corrected chi connectivity index (χ4v) is 2.92. The van der Waals surface area contributed by atoms with Gasteiger partial charge in [0.1, 0.15) is 0 Å². The molecule has 116 valence electrons. The lowest BCUT2D eigenvalue weighted by atomic mass is 10.1. The molecule has 0 saturated carbocycles. The first-order valence-corrected chi connectivity index (χ1v) is 7.15. The van der Waals surface area contributed by atoms with E-state index in [0.717, 1.165) is 25.1 Å². The average Bonchev–Trinajstić information content (AvgIpc) is 3.10. The summed E-state index contributed by atoms with van der Waals surface area (Å²) >= 11 is 0. The molecule has 2 atom stereocenters. The summed E-state index contributed by atoms with van der Waals surface area (Å²) in [6.45, 7) is 5.42. The summed E-state index contributed by atoms with van der Waals surface area (Å²) in [7, 11) is 0. The van der Waals surface area contributed by atoms with Gasteiger partial charge in [-0.25, -0.2) is 0 Å². The third kappa shape index (κ3) is 3.05. The van der Waals surface area contributed by atoms with Gasteiger partial charge in [0, 0.05) is 36.4 Å². The van der Waals surface area contributed by atoms with Crippen LogP contribution in [0, 0.1) is 0 Å². The first-order chi connectivity index (χ1) is 9.99. The van der Waals surface area contributed by atoms with Crippen molar-refractivity contribution in [1.82, 2.24) is 5.32 Å². The highest BCUT2D eigenvalue weighted by molar-refractivity contribution is 5.85. The second-order valence-electron chi connectivity index (χ2n) is 5.04. The van der Waals surface area contributed by atoms with E-state index in [0.29, 0.717) is 30.1 Å². The van der Waals surface area contributed by atoms with E-state index in [2.05, 4.69) is 5.32 Å². The number of benzene rings is 1. The number of nitrogens with zero attached hydrogens (tertiary/aromatic N) is 1. The lowest BCUT2D eigenvalue weighted by molar-refractivity contribution is -0.137. The smallest absolute Gasteiger partial charge is 0.365 e. The number of halogens is 3. The molecule has 1 aromatic rings. The SMILES string of the molecule is CC.O=Cc1ccc(C(F)(F)F)cc1N1CC2CC1CN2. The Morgan fingerprint density at radius 3 is 2.52 bits per heavy atom. The summed E-state index contributed by atoms with van der Waals surface area (Å²) in [5.41, 5.74) is 0.0169. The van der Waals surface area contributed by atoms with E-state index in [4.69, 9.17) is 0 Å². The summed E-state index contributed by atoms with van der Waals surface area (Å²) < 4.78 is 38.3. The third-order valence-electron chi connectivity index (χ3n) is 3.85. The molecule has 2 saturated heterocycles. The molecule has 2 aliphatic rings. The number of carbonyl (C=O) groups excluding carboxylic acids is 1. The van der Waals surface area contributed by atoms with Crippen molar-refractivity contribution in [2.24, 2.45) is 0 Å². The molecule has 0 spiro atoms. The quantitative estimate of drug-likeness (QED) is 0.852. The number of fused-ring (bicyclic) bond motifs is 2. The summed E-state index contributed by atoms with van der Waals surface area (Å²) in [4.78, 5) is 12.9. The number of hydrogen-bond donors (Lipinski definition) is 1. The lowest BCUT2D eigenvalue weighted by Gasteiger charge is -2.31. The topological polar surface area (TPSA) is 32.3 Å². The molecule has 1 aromatic carbocycles. The summed E-state index contributed by atoms with van der Waals surface area (Å²) in [5, 5.41) is 3.29. The van der Waals surface area contributed by atoms with Crippen molar-refractivity contribution in [3.63, 3.8) is 0 Å². The van der Waals surface area contributed by atoms with Gasteiger partial charge in [0.2, 0.25) is 0 Å². The lowest BCUT2D eigenvalue weighted by Crippen LogP contribution is -2.44. The molecule has 0 aromatic heterocycles. The molecule has 2 aliphatic heterocycles. The molecule has 1 N–H and O–H groups in total. The van der Waals surface area contributed by atoms with Gasteiger partial charge < -0.3 is 10.2 Å². The number of anilines is 1. The van der Waals surface area contributed by atoms with Gasteiger partial charge in [0.25, 0.3) is 0 Å². The van der Waals surface area contributed by atoms with Crippen LogP contribution in [0.4, 0.5) is 18.9 Å². The van der Waals surface area contributed by atoms with Gasteiger partial charge in [-0.05, 0) is 24.6 Å². The fraction of sp³-hybridized carbons (Fsp3) is 0.533. The predicted octanol–water partition coefficient (Wildman–Crippen LogP) is 3.09. The zero-order valence-corrected chi connectivity index (χ0v) is 12.1. The molecule has 6 heteroatoms. The van der Waals surface area contributed by atoms with Gasteiger partial charge in [0.15, 0.2) is 6.29 Å².